The highest BCUT2D eigenvalue weighted by Crippen LogP contribution is 2.27. The first-order chi connectivity index (χ1) is 13.3. The summed E-state index contributed by atoms with van der Waals surface area (Å²) in [4.78, 5) is 0. The highest BCUT2D eigenvalue weighted by atomic mass is 32.2. The SMILES string of the molecule is Nc1cc(-c2ccccc2)nn1-c1nnc2n1N=C(c1ccccc1)CS2. The zero-order valence-corrected chi connectivity index (χ0v) is 15.0. The lowest BCUT2D eigenvalue weighted by Gasteiger charge is -2.13. The van der Waals surface area contributed by atoms with Gasteiger partial charge in [0.25, 0.3) is 5.95 Å². The van der Waals surface area contributed by atoms with Crippen LogP contribution in [0.3, 0.4) is 0 Å². The Balaban J connectivity index is 1.59. The number of anilines is 1. The quantitative estimate of drug-likeness (QED) is 0.596. The molecule has 0 bridgehead atoms. The Morgan fingerprint density at radius 3 is 2.33 bits per heavy atom. The van der Waals surface area contributed by atoms with Crippen LogP contribution < -0.4 is 5.73 Å². The molecule has 2 aromatic heterocycles. The molecule has 0 spiro atoms. The van der Waals surface area contributed by atoms with Gasteiger partial charge in [-0.05, 0) is 5.56 Å². The van der Waals surface area contributed by atoms with Crippen LogP contribution in [0.1, 0.15) is 5.56 Å². The standard InChI is InChI=1S/C19H15N7S/c20-17-11-15(13-7-3-1-4-8-13)23-25(17)18-21-22-19-26(18)24-16(12-27-19)14-9-5-2-6-10-14/h1-11H,12,20H2. The molecule has 5 rings (SSSR count). The summed E-state index contributed by atoms with van der Waals surface area (Å²) < 4.78 is 3.28. The lowest BCUT2D eigenvalue weighted by atomic mass is 10.1. The largest absolute Gasteiger partial charge is 0.383 e. The maximum atomic E-state index is 6.21. The predicted octanol–water partition coefficient (Wildman–Crippen LogP) is 3.07. The Labute approximate surface area is 159 Å². The van der Waals surface area contributed by atoms with E-state index >= 15 is 0 Å². The second-order valence-corrected chi connectivity index (χ2v) is 6.97. The zero-order chi connectivity index (χ0) is 18.2. The van der Waals surface area contributed by atoms with E-state index in [1.54, 1.807) is 21.1 Å². The number of rotatable bonds is 3. The Morgan fingerprint density at radius 2 is 1.59 bits per heavy atom. The van der Waals surface area contributed by atoms with E-state index in [4.69, 9.17) is 10.8 Å². The van der Waals surface area contributed by atoms with Crippen LogP contribution in [0.2, 0.25) is 0 Å². The Kier molecular flexibility index (Phi) is 3.75. The molecule has 1 aliphatic heterocycles. The molecule has 0 unspecified atom stereocenters. The lowest BCUT2D eigenvalue weighted by molar-refractivity contribution is 0.700. The second-order valence-electron chi connectivity index (χ2n) is 6.03. The average molecular weight is 373 g/mol. The molecule has 132 valence electrons. The summed E-state index contributed by atoms with van der Waals surface area (Å²) in [6, 6.07) is 21.8. The van der Waals surface area contributed by atoms with E-state index in [-0.39, 0.29) is 0 Å². The van der Waals surface area contributed by atoms with E-state index in [1.165, 1.54) is 0 Å². The molecule has 0 aliphatic carbocycles. The maximum Gasteiger partial charge on any atom is 0.275 e. The molecule has 4 aromatic rings. The number of benzene rings is 2. The number of thioether (sulfide) groups is 1. The van der Waals surface area contributed by atoms with Gasteiger partial charge in [0.1, 0.15) is 5.82 Å². The van der Waals surface area contributed by atoms with E-state index in [1.807, 2.05) is 66.7 Å². The van der Waals surface area contributed by atoms with E-state index in [0.29, 0.717) is 11.8 Å². The number of nitrogen functional groups attached to an aromatic ring is 1. The predicted molar refractivity (Wildman–Crippen MR) is 106 cm³/mol. The van der Waals surface area contributed by atoms with Crippen molar-refractivity contribution in [1.29, 1.82) is 0 Å². The van der Waals surface area contributed by atoms with Gasteiger partial charge in [0.15, 0.2) is 0 Å². The number of nitrogens with zero attached hydrogens (tertiary/aromatic N) is 6. The van der Waals surface area contributed by atoms with Gasteiger partial charge in [-0.15, -0.1) is 10.2 Å². The normalized spacial score (nSPS) is 13.3. The molecule has 2 N–H and O–H groups in total. The fraction of sp³-hybridized carbons (Fsp3) is 0.0526. The van der Waals surface area contributed by atoms with Crippen LogP contribution >= 0.6 is 11.8 Å². The molecule has 3 heterocycles. The Hall–Kier alpha value is -3.39. The molecule has 0 fully saturated rings. The van der Waals surface area contributed by atoms with Crippen molar-refractivity contribution in [2.24, 2.45) is 5.10 Å². The van der Waals surface area contributed by atoms with Gasteiger partial charge >= 0.3 is 0 Å². The summed E-state index contributed by atoms with van der Waals surface area (Å²) in [6.07, 6.45) is 0. The molecule has 0 atom stereocenters. The molecule has 2 aromatic carbocycles. The van der Waals surface area contributed by atoms with Crippen molar-refractivity contribution in [2.45, 2.75) is 5.16 Å². The molecule has 0 saturated heterocycles. The van der Waals surface area contributed by atoms with Gasteiger partial charge in [-0.2, -0.15) is 19.6 Å². The second kappa shape index (κ2) is 6.40. The first kappa shape index (κ1) is 15.8. The first-order valence-electron chi connectivity index (χ1n) is 8.42. The molecule has 0 amide bonds. The summed E-state index contributed by atoms with van der Waals surface area (Å²) in [5, 5.41) is 18.6. The monoisotopic (exact) mass is 373 g/mol. The number of nitrogens with two attached hydrogens (primary N) is 1. The number of hydrogen-bond acceptors (Lipinski definition) is 6. The minimum atomic E-state index is 0.477. The zero-order valence-electron chi connectivity index (χ0n) is 14.2. The van der Waals surface area contributed by atoms with Crippen LogP contribution in [0, 0.1) is 0 Å². The molecular formula is C19H15N7S. The topological polar surface area (TPSA) is 86.9 Å². The lowest BCUT2D eigenvalue weighted by Crippen LogP contribution is -2.16. The average Bonchev–Trinajstić information content (AvgIpc) is 3.32. The van der Waals surface area contributed by atoms with Gasteiger partial charge < -0.3 is 5.73 Å². The van der Waals surface area contributed by atoms with Crippen molar-refractivity contribution in [1.82, 2.24) is 24.7 Å². The highest BCUT2D eigenvalue weighted by molar-refractivity contribution is 7.99. The highest BCUT2D eigenvalue weighted by Gasteiger charge is 2.22. The van der Waals surface area contributed by atoms with Crippen molar-refractivity contribution >= 4 is 23.3 Å². The third-order valence-electron chi connectivity index (χ3n) is 4.26. The van der Waals surface area contributed by atoms with Crippen molar-refractivity contribution in [3.63, 3.8) is 0 Å². The van der Waals surface area contributed by atoms with Gasteiger partial charge in [0.05, 0.1) is 11.4 Å². The van der Waals surface area contributed by atoms with Crippen LogP contribution in [0.4, 0.5) is 5.82 Å². The first-order valence-corrected chi connectivity index (χ1v) is 9.41. The van der Waals surface area contributed by atoms with Crippen LogP contribution in [-0.4, -0.2) is 36.1 Å². The van der Waals surface area contributed by atoms with Gasteiger partial charge in [-0.1, -0.05) is 72.4 Å². The summed E-state index contributed by atoms with van der Waals surface area (Å²) in [5.74, 6) is 1.70. The van der Waals surface area contributed by atoms with E-state index in [9.17, 15) is 0 Å². The van der Waals surface area contributed by atoms with Crippen LogP contribution in [0.5, 0.6) is 0 Å². The summed E-state index contributed by atoms with van der Waals surface area (Å²) in [5.41, 5.74) is 10.0. The number of hydrogen-bond donors (Lipinski definition) is 1. The summed E-state index contributed by atoms with van der Waals surface area (Å²) in [7, 11) is 0. The van der Waals surface area contributed by atoms with E-state index in [0.717, 1.165) is 33.4 Å². The summed E-state index contributed by atoms with van der Waals surface area (Å²) >= 11 is 1.59. The van der Waals surface area contributed by atoms with Gasteiger partial charge in [-0.25, -0.2) is 0 Å². The van der Waals surface area contributed by atoms with Gasteiger partial charge in [0, 0.05) is 17.4 Å². The van der Waals surface area contributed by atoms with Crippen LogP contribution in [0.25, 0.3) is 17.2 Å². The summed E-state index contributed by atoms with van der Waals surface area (Å²) in [6.45, 7) is 0. The maximum absolute atomic E-state index is 6.21. The Bertz CT molecular complexity index is 1130. The minimum Gasteiger partial charge on any atom is -0.383 e. The van der Waals surface area contributed by atoms with Crippen molar-refractivity contribution in [3.8, 4) is 17.2 Å². The van der Waals surface area contributed by atoms with Gasteiger partial charge in [0.2, 0.25) is 5.16 Å². The fourth-order valence-electron chi connectivity index (χ4n) is 2.93. The molecule has 8 heteroatoms. The third kappa shape index (κ3) is 2.80. The van der Waals surface area contributed by atoms with Crippen molar-refractivity contribution < 1.29 is 0 Å². The minimum absolute atomic E-state index is 0.477. The molecular weight excluding hydrogens is 358 g/mol. The van der Waals surface area contributed by atoms with Crippen LogP contribution in [-0.2, 0) is 0 Å². The smallest absolute Gasteiger partial charge is 0.275 e. The molecule has 0 radical (unpaired) electrons. The Morgan fingerprint density at radius 1 is 0.889 bits per heavy atom. The number of fused-ring (bicyclic) bond motifs is 1. The van der Waals surface area contributed by atoms with E-state index in [2.05, 4.69) is 15.3 Å². The fourth-order valence-corrected chi connectivity index (χ4v) is 3.76. The third-order valence-corrected chi connectivity index (χ3v) is 5.19. The van der Waals surface area contributed by atoms with Crippen molar-refractivity contribution in [3.05, 3.63) is 72.3 Å². The van der Waals surface area contributed by atoms with E-state index < -0.39 is 0 Å². The molecule has 0 saturated carbocycles. The molecule has 1 aliphatic rings. The van der Waals surface area contributed by atoms with Crippen LogP contribution in [0.15, 0.2) is 77.0 Å². The molecule has 27 heavy (non-hydrogen) atoms. The molecule has 7 nitrogen and oxygen atoms in total. The van der Waals surface area contributed by atoms with Gasteiger partial charge in [-0.3, -0.25) is 0 Å². The number of aromatic nitrogens is 5. The van der Waals surface area contributed by atoms with Crippen molar-refractivity contribution in [2.75, 3.05) is 11.5 Å².